The fourth-order valence-electron chi connectivity index (χ4n) is 5.95. The van der Waals surface area contributed by atoms with Crippen molar-refractivity contribution in [3.8, 4) is 11.3 Å². The van der Waals surface area contributed by atoms with Gasteiger partial charge in [0, 0.05) is 23.7 Å². The molecule has 2 bridgehead atoms. The van der Waals surface area contributed by atoms with Crippen LogP contribution >= 0.6 is 0 Å². The number of rotatable bonds is 5. The summed E-state index contributed by atoms with van der Waals surface area (Å²) in [6.45, 7) is 1.98. The molecular formula is C24H30F3N5O2S. The molecule has 6 rings (SSSR count). The van der Waals surface area contributed by atoms with Crippen LogP contribution in [0.1, 0.15) is 67.1 Å². The highest BCUT2D eigenvalue weighted by Crippen LogP contribution is 2.54. The predicted molar refractivity (Wildman–Crippen MR) is 129 cm³/mol. The summed E-state index contributed by atoms with van der Waals surface area (Å²) in [7, 11) is -1.72. The Morgan fingerprint density at radius 1 is 1.03 bits per heavy atom. The van der Waals surface area contributed by atoms with Gasteiger partial charge in [0.1, 0.15) is 0 Å². The third-order valence-electron chi connectivity index (χ3n) is 7.46. The minimum atomic E-state index is -4.60. The number of benzene rings is 1. The van der Waals surface area contributed by atoms with Gasteiger partial charge in [-0.2, -0.15) is 13.2 Å². The second-order valence-electron chi connectivity index (χ2n) is 10.2. The topological polar surface area (TPSA) is 87.2 Å². The Labute approximate surface area is 203 Å². The lowest BCUT2D eigenvalue weighted by molar-refractivity contribution is -0.137. The number of sulfonamides is 1. The van der Waals surface area contributed by atoms with Gasteiger partial charge in [0.25, 0.3) is 0 Å². The van der Waals surface area contributed by atoms with Crippen LogP contribution in [0.2, 0.25) is 0 Å². The standard InChI is InChI=1S/C24H30F3N5O2S/c1-32-11-3-4-17(13-32)28-23-21-15-7-5-14(6-8-15)20(21)22(29-30-23)18-10-9-16(24(25,26)27)12-19(18)31-35(2,33)34/h9-10,12,14-15,17,31H,3-8,11,13H2,1-2H3,(H,28,30)/t14?,15?,17-/m1/s1. The van der Waals surface area contributed by atoms with Crippen molar-refractivity contribution in [2.45, 2.75) is 62.6 Å². The monoisotopic (exact) mass is 509 g/mol. The summed E-state index contributed by atoms with van der Waals surface area (Å²) in [4.78, 5) is 2.28. The first kappa shape index (κ1) is 24.3. The van der Waals surface area contributed by atoms with Gasteiger partial charge < -0.3 is 10.2 Å². The van der Waals surface area contributed by atoms with Gasteiger partial charge in [0.15, 0.2) is 5.82 Å². The number of hydrogen-bond donors (Lipinski definition) is 2. The maximum atomic E-state index is 13.4. The highest BCUT2D eigenvalue weighted by atomic mass is 32.2. The van der Waals surface area contributed by atoms with Gasteiger partial charge in [-0.25, -0.2) is 8.42 Å². The van der Waals surface area contributed by atoms with Crippen LogP contribution in [-0.2, 0) is 16.2 Å². The number of aromatic nitrogens is 2. The van der Waals surface area contributed by atoms with E-state index in [-0.39, 0.29) is 17.6 Å². The zero-order chi connectivity index (χ0) is 25.0. The van der Waals surface area contributed by atoms with Crippen LogP contribution in [0.3, 0.4) is 0 Å². The fourth-order valence-corrected chi connectivity index (χ4v) is 6.52. The Bertz CT molecular complexity index is 1230. The number of halogens is 3. The molecule has 2 heterocycles. The molecule has 4 aliphatic rings. The van der Waals surface area contributed by atoms with E-state index in [1.807, 2.05) is 0 Å². The van der Waals surface area contributed by atoms with Gasteiger partial charge in [0.05, 0.1) is 23.2 Å². The molecule has 35 heavy (non-hydrogen) atoms. The lowest BCUT2D eigenvalue weighted by Crippen LogP contribution is -2.40. The van der Waals surface area contributed by atoms with Crippen molar-refractivity contribution in [1.82, 2.24) is 15.1 Å². The summed E-state index contributed by atoms with van der Waals surface area (Å²) < 4.78 is 66.6. The van der Waals surface area contributed by atoms with Crippen molar-refractivity contribution in [2.75, 3.05) is 36.4 Å². The third kappa shape index (κ3) is 4.97. The molecule has 1 saturated heterocycles. The molecule has 7 nitrogen and oxygen atoms in total. The van der Waals surface area contributed by atoms with Crippen molar-refractivity contribution in [3.63, 3.8) is 0 Å². The molecule has 0 radical (unpaired) electrons. The highest BCUT2D eigenvalue weighted by molar-refractivity contribution is 7.92. The number of nitrogens with one attached hydrogen (secondary N) is 2. The maximum Gasteiger partial charge on any atom is 0.416 e. The van der Waals surface area contributed by atoms with Crippen molar-refractivity contribution < 1.29 is 21.6 Å². The minimum absolute atomic E-state index is 0.130. The van der Waals surface area contributed by atoms with E-state index in [2.05, 4.69) is 32.2 Å². The number of likely N-dealkylation sites (N-methyl/N-ethyl adjacent to an activating group) is 1. The number of hydrogen-bond acceptors (Lipinski definition) is 6. The second kappa shape index (κ2) is 8.92. The van der Waals surface area contributed by atoms with Crippen LogP contribution in [0.25, 0.3) is 11.3 Å². The molecule has 0 amide bonds. The Hall–Kier alpha value is -2.40. The molecule has 1 saturated carbocycles. The number of piperidine rings is 1. The number of anilines is 2. The van der Waals surface area contributed by atoms with Gasteiger partial charge in [-0.3, -0.25) is 4.72 Å². The van der Waals surface area contributed by atoms with Gasteiger partial charge in [0.2, 0.25) is 10.0 Å². The molecule has 0 spiro atoms. The number of nitrogens with zero attached hydrogens (tertiary/aromatic N) is 3. The second-order valence-corrected chi connectivity index (χ2v) is 11.9. The normalized spacial score (nSPS) is 24.8. The Kier molecular flexibility index (Phi) is 6.19. The summed E-state index contributed by atoms with van der Waals surface area (Å²) in [5, 5.41) is 12.7. The van der Waals surface area contributed by atoms with Crippen LogP contribution in [0.4, 0.5) is 24.7 Å². The lowest BCUT2D eigenvalue weighted by atomic mass is 9.66. The summed E-state index contributed by atoms with van der Waals surface area (Å²) >= 11 is 0. The first-order valence-electron chi connectivity index (χ1n) is 12.0. The van der Waals surface area contributed by atoms with E-state index < -0.39 is 21.8 Å². The molecule has 190 valence electrons. The molecular weight excluding hydrogens is 479 g/mol. The zero-order valence-electron chi connectivity index (χ0n) is 19.8. The van der Waals surface area contributed by atoms with Crippen LogP contribution in [-0.4, -0.2) is 55.9 Å². The first-order valence-corrected chi connectivity index (χ1v) is 13.9. The van der Waals surface area contributed by atoms with Gasteiger partial charge in [-0.15, -0.1) is 10.2 Å². The average molecular weight is 510 g/mol. The molecule has 2 fully saturated rings. The molecule has 1 atom stereocenters. The quantitative estimate of drug-likeness (QED) is 0.603. The number of fused-ring (bicyclic) bond motifs is 2. The van der Waals surface area contributed by atoms with Crippen molar-refractivity contribution in [3.05, 3.63) is 34.9 Å². The molecule has 3 aliphatic carbocycles. The van der Waals surface area contributed by atoms with E-state index >= 15 is 0 Å². The van der Waals surface area contributed by atoms with E-state index in [1.54, 1.807) is 0 Å². The van der Waals surface area contributed by atoms with Crippen molar-refractivity contribution >= 4 is 21.5 Å². The molecule has 0 unspecified atom stereocenters. The maximum absolute atomic E-state index is 13.4. The molecule has 1 aliphatic heterocycles. The van der Waals surface area contributed by atoms with Crippen LogP contribution in [0.15, 0.2) is 18.2 Å². The van der Waals surface area contributed by atoms with E-state index in [9.17, 15) is 21.6 Å². The van der Waals surface area contributed by atoms with Crippen LogP contribution in [0, 0.1) is 0 Å². The number of likely N-dealkylation sites (tertiary alicyclic amines) is 1. The van der Waals surface area contributed by atoms with Gasteiger partial charge in [-0.05, 0) is 81.6 Å². The van der Waals surface area contributed by atoms with E-state index in [0.717, 1.165) is 86.9 Å². The van der Waals surface area contributed by atoms with E-state index in [4.69, 9.17) is 0 Å². The smallest absolute Gasteiger partial charge is 0.364 e. The molecule has 1 aromatic carbocycles. The van der Waals surface area contributed by atoms with Crippen molar-refractivity contribution in [1.29, 1.82) is 0 Å². The minimum Gasteiger partial charge on any atom is -0.364 e. The zero-order valence-corrected chi connectivity index (χ0v) is 20.6. The Balaban J connectivity index is 1.63. The lowest BCUT2D eigenvalue weighted by Gasteiger charge is -2.40. The van der Waals surface area contributed by atoms with Crippen molar-refractivity contribution in [2.24, 2.45) is 0 Å². The first-order chi connectivity index (χ1) is 16.5. The fraction of sp³-hybridized carbons (Fsp3) is 0.583. The van der Waals surface area contributed by atoms with Gasteiger partial charge >= 0.3 is 6.18 Å². The third-order valence-corrected chi connectivity index (χ3v) is 8.05. The Morgan fingerprint density at radius 3 is 2.34 bits per heavy atom. The van der Waals surface area contributed by atoms with E-state index in [1.165, 1.54) is 6.07 Å². The van der Waals surface area contributed by atoms with Gasteiger partial charge in [-0.1, -0.05) is 6.07 Å². The molecule has 1 aromatic heterocycles. The Morgan fingerprint density at radius 2 is 1.71 bits per heavy atom. The predicted octanol–water partition coefficient (Wildman–Crippen LogP) is 4.79. The van der Waals surface area contributed by atoms with Crippen LogP contribution in [0.5, 0.6) is 0 Å². The van der Waals surface area contributed by atoms with E-state index in [0.29, 0.717) is 17.2 Å². The highest BCUT2D eigenvalue weighted by Gasteiger charge is 2.39. The number of alkyl halides is 3. The summed E-state index contributed by atoms with van der Waals surface area (Å²) in [5.41, 5.74) is 1.86. The molecule has 2 N–H and O–H groups in total. The molecule has 11 heteroatoms. The van der Waals surface area contributed by atoms with Crippen LogP contribution < -0.4 is 10.0 Å². The molecule has 2 aromatic rings. The largest absolute Gasteiger partial charge is 0.416 e. The summed E-state index contributed by atoms with van der Waals surface area (Å²) in [6.07, 6.45) is 2.52. The average Bonchev–Trinajstić information content (AvgIpc) is 2.78. The SMILES string of the molecule is CN1CCC[C@@H](Nc2nnc(-c3ccc(C(F)(F)F)cc3NS(C)(=O)=O)c3c2C2CCC3CC2)C1. The summed E-state index contributed by atoms with van der Waals surface area (Å²) in [5.74, 6) is 1.31. The summed E-state index contributed by atoms with van der Waals surface area (Å²) in [6, 6.07) is 3.39.